The van der Waals surface area contributed by atoms with Gasteiger partial charge in [-0.3, -0.25) is 4.57 Å². The molecule has 2 aromatic carbocycles. The molecule has 2 heterocycles. The second-order valence-corrected chi connectivity index (χ2v) is 8.44. The Hall–Kier alpha value is -2.61. The Labute approximate surface area is 161 Å². The normalized spacial score (nSPS) is 13.3. The Kier molecular flexibility index (Phi) is 4.51. The molecule has 27 heavy (non-hydrogen) atoms. The zero-order valence-electron chi connectivity index (χ0n) is 16.7. The minimum absolute atomic E-state index is 0.384. The largest absolute Gasteiger partial charge is 0.294 e. The molecule has 2 nitrogen and oxygen atoms in total. The maximum absolute atomic E-state index is 4.67. The number of pyridine rings is 1. The van der Waals surface area contributed by atoms with Gasteiger partial charge >= 0.3 is 0 Å². The lowest BCUT2D eigenvalue weighted by atomic mass is 9.79. The van der Waals surface area contributed by atoms with Crippen molar-refractivity contribution >= 4 is 21.9 Å². The third kappa shape index (κ3) is 3.25. The van der Waals surface area contributed by atoms with Gasteiger partial charge in [-0.15, -0.1) is 0 Å². The van der Waals surface area contributed by atoms with E-state index in [1.54, 1.807) is 0 Å². The molecule has 0 aliphatic rings. The molecule has 1 atom stereocenters. The van der Waals surface area contributed by atoms with E-state index in [9.17, 15) is 0 Å². The topological polar surface area (TPSA) is 17.8 Å². The van der Waals surface area contributed by atoms with Crippen LogP contribution in [-0.2, 0) is 0 Å². The molecule has 0 fully saturated rings. The highest BCUT2D eigenvalue weighted by molar-refractivity contribution is 6.07. The van der Waals surface area contributed by atoms with Crippen molar-refractivity contribution in [2.75, 3.05) is 0 Å². The fourth-order valence-electron chi connectivity index (χ4n) is 4.10. The summed E-state index contributed by atoms with van der Waals surface area (Å²) in [5.74, 6) is 0.560. The number of aromatic nitrogens is 2. The molecule has 2 aromatic heterocycles. The average Bonchev–Trinajstić information content (AvgIpc) is 3.02. The lowest BCUT2D eigenvalue weighted by Gasteiger charge is -2.27. The smallest absolute Gasteiger partial charge is 0.145 e. The lowest BCUT2D eigenvalue weighted by Crippen LogP contribution is -2.13. The quantitative estimate of drug-likeness (QED) is 0.372. The van der Waals surface area contributed by atoms with Gasteiger partial charge in [0.25, 0.3) is 0 Å². The molecular weight excluding hydrogens is 328 g/mol. The molecule has 0 N–H and O–H groups in total. The van der Waals surface area contributed by atoms with E-state index in [2.05, 4.69) is 91.8 Å². The molecule has 138 valence electrons. The van der Waals surface area contributed by atoms with Crippen LogP contribution >= 0.6 is 0 Å². The number of benzene rings is 2. The van der Waals surface area contributed by atoms with Crippen molar-refractivity contribution in [1.82, 2.24) is 9.55 Å². The number of para-hydroxylation sites is 1. The first kappa shape index (κ1) is 17.8. The highest BCUT2D eigenvalue weighted by Crippen LogP contribution is 2.35. The average molecular weight is 357 g/mol. The van der Waals surface area contributed by atoms with Gasteiger partial charge in [-0.1, -0.05) is 64.4 Å². The summed E-state index contributed by atoms with van der Waals surface area (Å²) in [7, 11) is 0. The zero-order valence-corrected chi connectivity index (χ0v) is 16.7. The number of fused-ring (bicyclic) bond motifs is 3. The Balaban J connectivity index is 1.76. The van der Waals surface area contributed by atoms with E-state index < -0.39 is 0 Å². The summed E-state index contributed by atoms with van der Waals surface area (Å²) in [5.41, 5.74) is 5.19. The van der Waals surface area contributed by atoms with Crippen molar-refractivity contribution in [3.63, 3.8) is 0 Å². The van der Waals surface area contributed by atoms with Crippen LogP contribution in [0.4, 0.5) is 0 Å². The highest BCUT2D eigenvalue weighted by atomic mass is 15.0. The van der Waals surface area contributed by atoms with Gasteiger partial charge in [0.2, 0.25) is 0 Å². The fourth-order valence-corrected chi connectivity index (χ4v) is 4.10. The third-order valence-corrected chi connectivity index (χ3v) is 5.97. The van der Waals surface area contributed by atoms with E-state index in [1.807, 2.05) is 12.3 Å². The Bertz CT molecular complexity index is 1020. The number of rotatable bonds is 5. The maximum atomic E-state index is 4.67. The van der Waals surface area contributed by atoms with E-state index in [1.165, 1.54) is 40.4 Å². The van der Waals surface area contributed by atoms with Crippen molar-refractivity contribution in [1.29, 1.82) is 0 Å². The minimum Gasteiger partial charge on any atom is -0.294 e. The van der Waals surface area contributed by atoms with Crippen molar-refractivity contribution in [2.45, 2.75) is 46.5 Å². The van der Waals surface area contributed by atoms with Crippen LogP contribution in [0.3, 0.4) is 0 Å². The van der Waals surface area contributed by atoms with Gasteiger partial charge in [0, 0.05) is 22.7 Å². The standard InChI is InChI=1S/C25H28N2/c1-5-25(3,4)17-18(2)19-12-14-20(15-13-19)27-23-11-7-6-9-21(23)22-10-8-16-26-24(22)27/h6-16,18H,5,17H2,1-4H3. The molecule has 0 spiro atoms. The van der Waals surface area contributed by atoms with Crippen molar-refractivity contribution in [2.24, 2.45) is 5.41 Å². The van der Waals surface area contributed by atoms with Crippen LogP contribution in [0.1, 0.15) is 52.0 Å². The molecule has 0 amide bonds. The van der Waals surface area contributed by atoms with Crippen LogP contribution in [0.25, 0.3) is 27.6 Å². The second-order valence-electron chi connectivity index (χ2n) is 8.44. The fraction of sp³-hybridized carbons (Fsp3) is 0.320. The van der Waals surface area contributed by atoms with Crippen LogP contribution < -0.4 is 0 Å². The summed E-state index contributed by atoms with van der Waals surface area (Å²) in [6.45, 7) is 9.35. The van der Waals surface area contributed by atoms with E-state index in [0.717, 1.165) is 5.65 Å². The van der Waals surface area contributed by atoms with Crippen LogP contribution in [0.2, 0.25) is 0 Å². The van der Waals surface area contributed by atoms with Crippen LogP contribution in [-0.4, -0.2) is 9.55 Å². The summed E-state index contributed by atoms with van der Waals surface area (Å²) < 4.78 is 2.27. The maximum Gasteiger partial charge on any atom is 0.145 e. The first-order valence-corrected chi connectivity index (χ1v) is 9.95. The molecule has 4 aromatic rings. The molecular formula is C25H28N2. The predicted octanol–water partition coefficient (Wildman–Crippen LogP) is 7.11. The molecule has 0 bridgehead atoms. The van der Waals surface area contributed by atoms with E-state index in [4.69, 9.17) is 0 Å². The van der Waals surface area contributed by atoms with Gasteiger partial charge in [0.15, 0.2) is 0 Å². The van der Waals surface area contributed by atoms with Crippen LogP contribution in [0.15, 0.2) is 66.9 Å². The van der Waals surface area contributed by atoms with E-state index >= 15 is 0 Å². The lowest BCUT2D eigenvalue weighted by molar-refractivity contribution is 0.299. The zero-order chi connectivity index (χ0) is 19.0. The van der Waals surface area contributed by atoms with Gasteiger partial charge in [0.05, 0.1) is 5.52 Å². The minimum atomic E-state index is 0.384. The van der Waals surface area contributed by atoms with Crippen LogP contribution in [0.5, 0.6) is 0 Å². The van der Waals surface area contributed by atoms with Gasteiger partial charge in [-0.05, 0) is 53.6 Å². The summed E-state index contributed by atoms with van der Waals surface area (Å²) in [6.07, 6.45) is 4.29. The number of hydrogen-bond acceptors (Lipinski definition) is 1. The molecule has 2 heteroatoms. The van der Waals surface area contributed by atoms with Gasteiger partial charge in [-0.2, -0.15) is 0 Å². The Morgan fingerprint density at radius 3 is 2.37 bits per heavy atom. The number of hydrogen-bond donors (Lipinski definition) is 0. The first-order valence-electron chi connectivity index (χ1n) is 9.95. The third-order valence-electron chi connectivity index (χ3n) is 5.97. The first-order chi connectivity index (χ1) is 13.0. The Morgan fingerprint density at radius 2 is 1.63 bits per heavy atom. The van der Waals surface area contributed by atoms with Crippen molar-refractivity contribution < 1.29 is 0 Å². The molecule has 0 aliphatic carbocycles. The summed E-state index contributed by atoms with van der Waals surface area (Å²) in [6, 6.07) is 21.8. The summed E-state index contributed by atoms with van der Waals surface area (Å²) in [5, 5.41) is 2.46. The summed E-state index contributed by atoms with van der Waals surface area (Å²) >= 11 is 0. The highest BCUT2D eigenvalue weighted by Gasteiger charge is 2.20. The summed E-state index contributed by atoms with van der Waals surface area (Å²) in [4.78, 5) is 4.67. The van der Waals surface area contributed by atoms with Crippen molar-refractivity contribution in [3.8, 4) is 5.69 Å². The van der Waals surface area contributed by atoms with Crippen LogP contribution in [0, 0.1) is 5.41 Å². The van der Waals surface area contributed by atoms with E-state index in [-0.39, 0.29) is 0 Å². The monoisotopic (exact) mass is 356 g/mol. The van der Waals surface area contributed by atoms with Gasteiger partial charge in [0.1, 0.15) is 5.65 Å². The van der Waals surface area contributed by atoms with Gasteiger partial charge < -0.3 is 0 Å². The molecule has 0 saturated carbocycles. The number of nitrogens with zero attached hydrogens (tertiary/aromatic N) is 2. The molecule has 0 aliphatic heterocycles. The van der Waals surface area contributed by atoms with Gasteiger partial charge in [-0.25, -0.2) is 4.98 Å². The molecule has 0 saturated heterocycles. The second kappa shape index (κ2) is 6.84. The molecule has 0 radical (unpaired) electrons. The molecule has 4 rings (SSSR count). The molecule has 1 unspecified atom stereocenters. The Morgan fingerprint density at radius 1 is 0.926 bits per heavy atom. The van der Waals surface area contributed by atoms with E-state index in [0.29, 0.717) is 11.3 Å². The predicted molar refractivity (Wildman–Crippen MR) is 116 cm³/mol. The SMILES string of the molecule is CCC(C)(C)CC(C)c1ccc(-n2c3ccccc3c3cccnc32)cc1. The van der Waals surface area contributed by atoms with Crippen molar-refractivity contribution in [3.05, 3.63) is 72.4 Å².